The average Bonchev–Trinajstić information content (AvgIpc) is 2.28. The number of carbonyl (C=O) groups excluding carboxylic acids is 1. The molecule has 0 spiro atoms. The molecule has 1 aliphatic rings. The Kier molecular flexibility index (Phi) is 3.05. The predicted molar refractivity (Wildman–Crippen MR) is 58.6 cm³/mol. The highest BCUT2D eigenvalue weighted by Crippen LogP contribution is 2.33. The molecular weight excluding hydrogens is 188 g/mol. The molecular formula is C13H16O2. The molecule has 1 fully saturated rings. The van der Waals surface area contributed by atoms with E-state index in [1.54, 1.807) is 12.1 Å². The van der Waals surface area contributed by atoms with Gasteiger partial charge in [0.05, 0.1) is 12.2 Å². The van der Waals surface area contributed by atoms with Gasteiger partial charge in [-0.25, -0.2) is 4.79 Å². The van der Waals surface area contributed by atoms with Gasteiger partial charge < -0.3 is 4.74 Å². The van der Waals surface area contributed by atoms with Gasteiger partial charge in [-0.15, -0.1) is 0 Å². The molecule has 1 aromatic carbocycles. The summed E-state index contributed by atoms with van der Waals surface area (Å²) in [4.78, 5) is 11.6. The third-order valence-corrected chi connectivity index (χ3v) is 3.24. The summed E-state index contributed by atoms with van der Waals surface area (Å²) in [5, 5.41) is 0. The summed E-state index contributed by atoms with van der Waals surface area (Å²) < 4.78 is 5.26. The molecule has 0 aromatic heterocycles. The lowest BCUT2D eigenvalue weighted by Crippen LogP contribution is -2.28. The zero-order valence-electron chi connectivity index (χ0n) is 8.98. The lowest BCUT2D eigenvalue weighted by atomic mass is 9.75. The number of benzene rings is 1. The maximum atomic E-state index is 11.6. The van der Waals surface area contributed by atoms with Gasteiger partial charge >= 0.3 is 5.97 Å². The number of esters is 1. The van der Waals surface area contributed by atoms with E-state index in [4.69, 9.17) is 4.74 Å². The Morgan fingerprint density at radius 1 is 1.33 bits per heavy atom. The molecule has 0 amide bonds. The van der Waals surface area contributed by atoms with Crippen LogP contribution in [-0.2, 0) is 4.74 Å². The van der Waals surface area contributed by atoms with Gasteiger partial charge in [0.1, 0.15) is 0 Å². The van der Waals surface area contributed by atoms with Gasteiger partial charge in [-0.3, -0.25) is 0 Å². The molecule has 0 N–H and O–H groups in total. The molecule has 80 valence electrons. The van der Waals surface area contributed by atoms with Crippen molar-refractivity contribution in [2.75, 3.05) is 6.61 Å². The summed E-state index contributed by atoms with van der Waals surface area (Å²) in [6.07, 6.45) is 2.47. The van der Waals surface area contributed by atoms with Crippen LogP contribution in [0.25, 0.3) is 0 Å². The number of carbonyl (C=O) groups is 1. The zero-order chi connectivity index (χ0) is 10.7. The van der Waals surface area contributed by atoms with Crippen LogP contribution in [0.5, 0.6) is 0 Å². The maximum Gasteiger partial charge on any atom is 0.338 e. The molecule has 0 aliphatic heterocycles. The van der Waals surface area contributed by atoms with Gasteiger partial charge in [0.25, 0.3) is 0 Å². The van der Waals surface area contributed by atoms with E-state index in [0.717, 1.165) is 0 Å². The Bertz CT molecular complexity index is 332. The molecule has 0 heterocycles. The van der Waals surface area contributed by atoms with Crippen LogP contribution in [0.1, 0.15) is 30.1 Å². The molecule has 15 heavy (non-hydrogen) atoms. The molecule has 2 nitrogen and oxygen atoms in total. The van der Waals surface area contributed by atoms with Gasteiger partial charge in [0, 0.05) is 0 Å². The van der Waals surface area contributed by atoms with Crippen LogP contribution in [0.3, 0.4) is 0 Å². The van der Waals surface area contributed by atoms with Crippen molar-refractivity contribution < 1.29 is 9.53 Å². The molecule has 2 rings (SSSR count). The van der Waals surface area contributed by atoms with Crippen molar-refractivity contribution in [1.82, 2.24) is 0 Å². The molecule has 1 saturated carbocycles. The van der Waals surface area contributed by atoms with Crippen LogP contribution >= 0.6 is 0 Å². The van der Waals surface area contributed by atoms with E-state index >= 15 is 0 Å². The molecule has 2 atom stereocenters. The molecule has 1 aromatic rings. The first-order valence-electron chi connectivity index (χ1n) is 5.49. The summed E-state index contributed by atoms with van der Waals surface area (Å²) in [5.41, 5.74) is 0.643. The molecule has 0 saturated heterocycles. The summed E-state index contributed by atoms with van der Waals surface area (Å²) in [6, 6.07) is 9.16. The number of ether oxygens (including phenoxy) is 1. The van der Waals surface area contributed by atoms with Crippen molar-refractivity contribution in [3.8, 4) is 0 Å². The van der Waals surface area contributed by atoms with Crippen LogP contribution < -0.4 is 0 Å². The summed E-state index contributed by atoms with van der Waals surface area (Å²) in [5.74, 6) is 1.10. The first-order valence-corrected chi connectivity index (χ1v) is 5.49. The first-order chi connectivity index (χ1) is 7.27. The highest BCUT2D eigenvalue weighted by Gasteiger charge is 2.27. The third-order valence-electron chi connectivity index (χ3n) is 3.24. The predicted octanol–water partition coefficient (Wildman–Crippen LogP) is 2.89. The van der Waals surface area contributed by atoms with Crippen molar-refractivity contribution in [2.45, 2.75) is 19.8 Å². The second-order valence-electron chi connectivity index (χ2n) is 4.28. The minimum atomic E-state index is -0.199. The molecule has 2 heteroatoms. The maximum absolute atomic E-state index is 11.6. The van der Waals surface area contributed by atoms with Gasteiger partial charge in [-0.1, -0.05) is 25.1 Å². The third kappa shape index (κ3) is 2.38. The van der Waals surface area contributed by atoms with E-state index in [2.05, 4.69) is 6.92 Å². The zero-order valence-corrected chi connectivity index (χ0v) is 8.98. The van der Waals surface area contributed by atoms with Gasteiger partial charge in [0.15, 0.2) is 0 Å². The Morgan fingerprint density at radius 2 is 2.07 bits per heavy atom. The monoisotopic (exact) mass is 204 g/mol. The van der Waals surface area contributed by atoms with E-state index in [1.165, 1.54) is 12.8 Å². The smallest absolute Gasteiger partial charge is 0.338 e. The van der Waals surface area contributed by atoms with Crippen molar-refractivity contribution in [3.05, 3.63) is 35.9 Å². The van der Waals surface area contributed by atoms with E-state index in [9.17, 15) is 4.79 Å². The van der Waals surface area contributed by atoms with Gasteiger partial charge in [0.2, 0.25) is 0 Å². The van der Waals surface area contributed by atoms with Crippen LogP contribution in [0.2, 0.25) is 0 Å². The van der Waals surface area contributed by atoms with E-state index in [-0.39, 0.29) is 5.97 Å². The van der Waals surface area contributed by atoms with Crippen LogP contribution in [0.15, 0.2) is 30.3 Å². The molecule has 0 radical (unpaired) electrons. The summed E-state index contributed by atoms with van der Waals surface area (Å²) in [7, 11) is 0. The first kappa shape index (κ1) is 10.2. The number of rotatable bonds is 3. The van der Waals surface area contributed by atoms with E-state index in [0.29, 0.717) is 24.0 Å². The SMILES string of the molecule is CC1CCC1COC(=O)c1ccccc1. The Balaban J connectivity index is 1.83. The van der Waals surface area contributed by atoms with Crippen molar-refractivity contribution in [1.29, 1.82) is 0 Å². The number of hydrogen-bond donors (Lipinski definition) is 0. The average molecular weight is 204 g/mol. The Morgan fingerprint density at radius 3 is 2.60 bits per heavy atom. The summed E-state index contributed by atoms with van der Waals surface area (Å²) >= 11 is 0. The fourth-order valence-corrected chi connectivity index (χ4v) is 1.82. The van der Waals surface area contributed by atoms with Crippen molar-refractivity contribution in [3.63, 3.8) is 0 Å². The molecule has 1 aliphatic carbocycles. The number of hydrogen-bond acceptors (Lipinski definition) is 2. The van der Waals surface area contributed by atoms with E-state index < -0.39 is 0 Å². The molecule has 2 unspecified atom stereocenters. The standard InChI is InChI=1S/C13H16O2/c1-10-7-8-12(10)9-15-13(14)11-5-3-2-4-6-11/h2-6,10,12H,7-9H2,1H3. The largest absolute Gasteiger partial charge is 0.462 e. The quantitative estimate of drug-likeness (QED) is 0.708. The fraction of sp³-hybridized carbons (Fsp3) is 0.462. The molecule has 0 bridgehead atoms. The second kappa shape index (κ2) is 4.47. The van der Waals surface area contributed by atoms with Crippen LogP contribution in [0.4, 0.5) is 0 Å². The van der Waals surface area contributed by atoms with E-state index in [1.807, 2.05) is 18.2 Å². The normalized spacial score (nSPS) is 24.3. The second-order valence-corrected chi connectivity index (χ2v) is 4.28. The van der Waals surface area contributed by atoms with Crippen molar-refractivity contribution >= 4 is 5.97 Å². The van der Waals surface area contributed by atoms with Crippen LogP contribution in [-0.4, -0.2) is 12.6 Å². The lowest BCUT2D eigenvalue weighted by molar-refractivity contribution is 0.0266. The van der Waals surface area contributed by atoms with Gasteiger partial charge in [-0.2, -0.15) is 0 Å². The highest BCUT2D eigenvalue weighted by atomic mass is 16.5. The lowest BCUT2D eigenvalue weighted by Gasteiger charge is -2.33. The minimum absolute atomic E-state index is 0.199. The highest BCUT2D eigenvalue weighted by molar-refractivity contribution is 5.89. The van der Waals surface area contributed by atoms with Crippen LogP contribution in [0, 0.1) is 11.8 Å². The topological polar surface area (TPSA) is 26.3 Å². The Labute approximate surface area is 90.3 Å². The Hall–Kier alpha value is -1.31. The minimum Gasteiger partial charge on any atom is -0.462 e. The summed E-state index contributed by atoms with van der Waals surface area (Å²) in [6.45, 7) is 2.79. The van der Waals surface area contributed by atoms with Gasteiger partial charge in [-0.05, 0) is 36.8 Å². The fourth-order valence-electron chi connectivity index (χ4n) is 1.82. The van der Waals surface area contributed by atoms with Crippen molar-refractivity contribution in [2.24, 2.45) is 11.8 Å².